The van der Waals surface area contributed by atoms with E-state index in [1.54, 1.807) is 5.38 Å². The zero-order valence-corrected chi connectivity index (χ0v) is 18.3. The summed E-state index contributed by atoms with van der Waals surface area (Å²) in [6, 6.07) is 12.1. The fourth-order valence-corrected chi connectivity index (χ4v) is 3.87. The van der Waals surface area contributed by atoms with Crippen molar-refractivity contribution in [2.45, 2.75) is 39.5 Å². The van der Waals surface area contributed by atoms with Crippen LogP contribution in [0.15, 0.2) is 53.9 Å². The minimum Gasteiger partial charge on any atom is -0.459 e. The van der Waals surface area contributed by atoms with Crippen LogP contribution >= 0.6 is 11.3 Å². The van der Waals surface area contributed by atoms with Crippen LogP contribution in [-0.4, -0.2) is 16.9 Å². The Morgan fingerprint density at radius 1 is 1.09 bits per heavy atom. The summed E-state index contributed by atoms with van der Waals surface area (Å²) in [4.78, 5) is 30.1. The number of halogens is 3. The second-order valence-electron chi connectivity index (χ2n) is 7.03. The number of aryl methyl sites for hydroxylation is 1. The van der Waals surface area contributed by atoms with Crippen LogP contribution in [-0.2, 0) is 40.0 Å². The van der Waals surface area contributed by atoms with Gasteiger partial charge in [0.2, 0.25) is 5.91 Å². The van der Waals surface area contributed by atoms with E-state index in [1.807, 2.05) is 31.2 Å². The number of amides is 1. The maximum Gasteiger partial charge on any atom is 0.416 e. The molecule has 3 rings (SSSR count). The number of hydrogen-bond acceptors (Lipinski definition) is 5. The molecule has 0 radical (unpaired) electrons. The number of esters is 1. The van der Waals surface area contributed by atoms with E-state index in [1.165, 1.54) is 35.3 Å². The molecule has 2 aromatic carbocycles. The molecule has 1 aromatic heterocycles. The second-order valence-corrected chi connectivity index (χ2v) is 7.87. The van der Waals surface area contributed by atoms with Crippen molar-refractivity contribution in [1.29, 1.82) is 0 Å². The molecule has 0 fully saturated rings. The van der Waals surface area contributed by atoms with Gasteiger partial charge in [0, 0.05) is 12.3 Å². The first-order chi connectivity index (χ1) is 15.2. The summed E-state index contributed by atoms with van der Waals surface area (Å²) in [5, 5.41) is 2.11. The number of alkyl halides is 3. The number of rotatable bonds is 7. The summed E-state index contributed by atoms with van der Waals surface area (Å²) in [6.45, 7) is 3.33. The van der Waals surface area contributed by atoms with E-state index < -0.39 is 17.7 Å². The highest BCUT2D eigenvalue weighted by Crippen LogP contribution is 2.30. The quantitative estimate of drug-likeness (QED) is 0.423. The van der Waals surface area contributed by atoms with Crippen LogP contribution in [0.2, 0.25) is 0 Å². The molecule has 0 aliphatic carbocycles. The average molecular weight is 462 g/mol. The number of nitrogens with zero attached hydrogens (tertiary/aromatic N) is 2. The molecule has 168 valence electrons. The summed E-state index contributed by atoms with van der Waals surface area (Å²) >= 11 is 1.23. The summed E-state index contributed by atoms with van der Waals surface area (Å²) in [5.41, 5.74) is 1.66. The summed E-state index contributed by atoms with van der Waals surface area (Å²) in [6.07, 6.45) is -3.88. The fraction of sp³-hybridized carbons (Fsp3) is 0.261. The smallest absolute Gasteiger partial charge is 0.416 e. The van der Waals surface area contributed by atoms with E-state index in [4.69, 9.17) is 4.74 Å². The number of carbonyl (C=O) groups excluding carboxylic acids is 2. The average Bonchev–Trinajstić information content (AvgIpc) is 3.20. The van der Waals surface area contributed by atoms with Gasteiger partial charge in [-0.2, -0.15) is 13.2 Å². The standard InChI is InChI=1S/C23H21F3N2O3S/c1-3-16-7-9-20(10-8-16)28(15(2)29)22-27-19(14-32-22)13-31-21(30)12-17-5-4-6-18(11-17)23(24,25)26/h4-11,14H,3,12-13H2,1-2H3. The van der Waals surface area contributed by atoms with Gasteiger partial charge >= 0.3 is 12.1 Å². The van der Waals surface area contributed by atoms with Crippen LogP contribution in [0.1, 0.15) is 36.2 Å². The summed E-state index contributed by atoms with van der Waals surface area (Å²) in [7, 11) is 0. The Kier molecular flexibility index (Phi) is 7.29. The van der Waals surface area contributed by atoms with Crippen molar-refractivity contribution in [3.63, 3.8) is 0 Å². The molecule has 32 heavy (non-hydrogen) atoms. The number of ether oxygens (including phenoxy) is 1. The number of aromatic nitrogens is 1. The largest absolute Gasteiger partial charge is 0.459 e. The van der Waals surface area contributed by atoms with Crippen molar-refractivity contribution in [2.75, 3.05) is 4.90 Å². The Hall–Kier alpha value is -3.20. The lowest BCUT2D eigenvalue weighted by Gasteiger charge is -2.18. The maximum atomic E-state index is 12.8. The van der Waals surface area contributed by atoms with Crippen LogP contribution in [0.5, 0.6) is 0 Å². The molecule has 1 heterocycles. The normalized spacial score (nSPS) is 11.3. The molecule has 0 spiro atoms. The van der Waals surface area contributed by atoms with Crippen LogP contribution in [0.4, 0.5) is 24.0 Å². The third kappa shape index (κ3) is 5.94. The van der Waals surface area contributed by atoms with Gasteiger partial charge in [-0.3, -0.25) is 14.5 Å². The molecule has 9 heteroatoms. The Morgan fingerprint density at radius 2 is 1.81 bits per heavy atom. The SMILES string of the molecule is CCc1ccc(N(C(C)=O)c2nc(COC(=O)Cc3cccc(C(F)(F)F)c3)cs2)cc1. The lowest BCUT2D eigenvalue weighted by atomic mass is 10.1. The predicted octanol–water partition coefficient (Wildman–Crippen LogP) is 5.69. The first-order valence-corrected chi connectivity index (χ1v) is 10.7. The van der Waals surface area contributed by atoms with E-state index >= 15 is 0 Å². The minimum absolute atomic E-state index is 0.144. The minimum atomic E-state index is -4.48. The number of thiazole rings is 1. The zero-order chi connectivity index (χ0) is 23.3. The van der Waals surface area contributed by atoms with Gasteiger partial charge in [0.1, 0.15) is 6.61 Å². The van der Waals surface area contributed by atoms with E-state index in [9.17, 15) is 22.8 Å². The monoisotopic (exact) mass is 462 g/mol. The first-order valence-electron chi connectivity index (χ1n) is 9.83. The topological polar surface area (TPSA) is 59.5 Å². The molecule has 0 aliphatic heterocycles. The van der Waals surface area contributed by atoms with Crippen molar-refractivity contribution in [1.82, 2.24) is 4.98 Å². The van der Waals surface area contributed by atoms with Crippen LogP contribution in [0.3, 0.4) is 0 Å². The number of benzene rings is 2. The second kappa shape index (κ2) is 9.95. The Bertz CT molecular complexity index is 1090. The third-order valence-corrected chi connectivity index (χ3v) is 5.51. The van der Waals surface area contributed by atoms with Gasteiger partial charge in [0.05, 0.1) is 23.4 Å². The highest BCUT2D eigenvalue weighted by Gasteiger charge is 2.30. The van der Waals surface area contributed by atoms with Gasteiger partial charge in [-0.25, -0.2) is 4.98 Å². The molecule has 1 amide bonds. The van der Waals surface area contributed by atoms with Gasteiger partial charge in [0.25, 0.3) is 0 Å². The molecule has 0 N–H and O–H groups in total. The summed E-state index contributed by atoms with van der Waals surface area (Å²) < 4.78 is 43.6. The molecular formula is C23H21F3N2O3S. The van der Waals surface area contributed by atoms with E-state index in [2.05, 4.69) is 4.98 Å². The van der Waals surface area contributed by atoms with Gasteiger partial charge in [0.15, 0.2) is 5.13 Å². The molecule has 0 unspecified atom stereocenters. The molecule has 3 aromatic rings. The van der Waals surface area contributed by atoms with Crippen molar-refractivity contribution in [2.24, 2.45) is 0 Å². The van der Waals surface area contributed by atoms with Crippen LogP contribution in [0, 0.1) is 0 Å². The molecule has 0 saturated carbocycles. The first kappa shape index (κ1) is 23.5. The van der Waals surface area contributed by atoms with Crippen molar-refractivity contribution in [3.05, 3.63) is 76.3 Å². The fourth-order valence-electron chi connectivity index (χ4n) is 3.00. The van der Waals surface area contributed by atoms with E-state index in [0.717, 1.165) is 24.1 Å². The molecule has 0 bridgehead atoms. The van der Waals surface area contributed by atoms with Gasteiger partial charge in [-0.15, -0.1) is 11.3 Å². The van der Waals surface area contributed by atoms with Crippen LogP contribution < -0.4 is 4.90 Å². The zero-order valence-electron chi connectivity index (χ0n) is 17.5. The number of anilines is 2. The van der Waals surface area contributed by atoms with Crippen LogP contribution in [0.25, 0.3) is 0 Å². The Balaban J connectivity index is 1.64. The van der Waals surface area contributed by atoms with E-state index in [0.29, 0.717) is 16.5 Å². The number of carbonyl (C=O) groups is 2. The highest BCUT2D eigenvalue weighted by molar-refractivity contribution is 7.14. The van der Waals surface area contributed by atoms with Gasteiger partial charge in [-0.1, -0.05) is 37.3 Å². The lowest BCUT2D eigenvalue weighted by molar-refractivity contribution is -0.144. The lowest BCUT2D eigenvalue weighted by Crippen LogP contribution is -2.22. The Morgan fingerprint density at radius 3 is 2.44 bits per heavy atom. The predicted molar refractivity (Wildman–Crippen MR) is 116 cm³/mol. The molecule has 0 saturated heterocycles. The van der Waals surface area contributed by atoms with E-state index in [-0.39, 0.29) is 24.5 Å². The molecular weight excluding hydrogens is 441 g/mol. The molecule has 5 nitrogen and oxygen atoms in total. The van der Waals surface area contributed by atoms with Gasteiger partial charge in [-0.05, 0) is 35.7 Å². The molecule has 0 atom stereocenters. The molecule has 0 aliphatic rings. The van der Waals surface area contributed by atoms with Gasteiger partial charge < -0.3 is 4.74 Å². The maximum absolute atomic E-state index is 12.8. The third-order valence-electron chi connectivity index (χ3n) is 4.63. The highest BCUT2D eigenvalue weighted by atomic mass is 32.1. The van der Waals surface area contributed by atoms with Crippen molar-refractivity contribution in [3.8, 4) is 0 Å². The Labute approximate surface area is 187 Å². The summed E-state index contributed by atoms with van der Waals surface area (Å²) in [5.74, 6) is -0.880. The number of hydrogen-bond donors (Lipinski definition) is 0. The van der Waals surface area contributed by atoms with Crippen molar-refractivity contribution < 1.29 is 27.5 Å². The van der Waals surface area contributed by atoms with Crippen molar-refractivity contribution >= 4 is 34.0 Å².